The molecule has 6 heteroatoms. The summed E-state index contributed by atoms with van der Waals surface area (Å²) in [6.07, 6.45) is 8.39. The highest BCUT2D eigenvalue weighted by molar-refractivity contribution is 6.04. The minimum absolute atomic E-state index is 0.0206. The lowest BCUT2D eigenvalue weighted by atomic mass is 9.98. The summed E-state index contributed by atoms with van der Waals surface area (Å²) in [5, 5.41) is 2.77. The van der Waals surface area contributed by atoms with Gasteiger partial charge in [-0.25, -0.2) is 4.98 Å². The summed E-state index contributed by atoms with van der Waals surface area (Å²) in [7, 11) is 0. The number of carbonyl (C=O) groups excluding carboxylic acids is 2. The molecule has 2 aliphatic rings. The summed E-state index contributed by atoms with van der Waals surface area (Å²) >= 11 is 0. The van der Waals surface area contributed by atoms with Crippen molar-refractivity contribution in [3.05, 3.63) is 95.1 Å². The Labute approximate surface area is 199 Å². The Hall–Kier alpha value is -3.93. The van der Waals surface area contributed by atoms with Crippen molar-refractivity contribution in [2.45, 2.75) is 20.3 Å². The first-order valence-electron chi connectivity index (χ1n) is 11.5. The zero-order chi connectivity index (χ0) is 23.7. The van der Waals surface area contributed by atoms with Gasteiger partial charge in [0.2, 0.25) is 5.91 Å². The van der Waals surface area contributed by atoms with E-state index < -0.39 is 0 Å². The highest BCUT2D eigenvalue weighted by Crippen LogP contribution is 2.40. The number of furan rings is 1. The van der Waals surface area contributed by atoms with Crippen LogP contribution in [-0.2, 0) is 4.79 Å². The van der Waals surface area contributed by atoms with Crippen LogP contribution in [0.5, 0.6) is 0 Å². The molecule has 1 saturated heterocycles. The van der Waals surface area contributed by atoms with Gasteiger partial charge in [-0.1, -0.05) is 36.4 Å². The number of aryl methyl sites for hydroxylation is 2. The molecule has 34 heavy (non-hydrogen) atoms. The number of rotatable bonds is 5. The third-order valence-electron chi connectivity index (χ3n) is 6.58. The Balaban J connectivity index is 1.16. The third-order valence-corrected chi connectivity index (χ3v) is 6.58. The second-order valence-corrected chi connectivity index (χ2v) is 9.02. The van der Waals surface area contributed by atoms with E-state index in [0.29, 0.717) is 34.7 Å². The quantitative estimate of drug-likeness (QED) is 0.544. The van der Waals surface area contributed by atoms with Crippen LogP contribution in [0.2, 0.25) is 0 Å². The van der Waals surface area contributed by atoms with Crippen molar-refractivity contribution in [3.63, 3.8) is 0 Å². The molecular formula is C28H27N3O3. The second kappa shape index (κ2) is 9.14. The van der Waals surface area contributed by atoms with Crippen LogP contribution >= 0.6 is 0 Å². The van der Waals surface area contributed by atoms with E-state index in [1.165, 1.54) is 11.1 Å². The van der Waals surface area contributed by atoms with E-state index in [2.05, 4.69) is 40.6 Å². The van der Waals surface area contributed by atoms with Crippen molar-refractivity contribution in [3.8, 4) is 0 Å². The van der Waals surface area contributed by atoms with E-state index in [1.807, 2.05) is 17.0 Å². The molecular weight excluding hydrogens is 426 g/mol. The molecule has 2 aromatic heterocycles. The lowest BCUT2D eigenvalue weighted by molar-refractivity contribution is -0.125. The van der Waals surface area contributed by atoms with Gasteiger partial charge >= 0.3 is 0 Å². The molecule has 6 nitrogen and oxygen atoms in total. The highest BCUT2D eigenvalue weighted by Gasteiger charge is 2.37. The summed E-state index contributed by atoms with van der Waals surface area (Å²) in [5.41, 5.74) is 3.98. The molecule has 1 fully saturated rings. The summed E-state index contributed by atoms with van der Waals surface area (Å²) in [6, 6.07) is 15.7. The Kier molecular flexibility index (Phi) is 5.88. The largest absolute Gasteiger partial charge is 0.466 e. The number of nitrogens with one attached hydrogen (secondary N) is 1. The molecule has 5 rings (SSSR count). The third kappa shape index (κ3) is 4.57. The van der Waals surface area contributed by atoms with E-state index in [-0.39, 0.29) is 11.8 Å². The molecule has 3 aromatic rings. The highest BCUT2D eigenvalue weighted by atomic mass is 16.3. The van der Waals surface area contributed by atoms with E-state index in [1.54, 1.807) is 44.3 Å². The first kappa shape index (κ1) is 21.9. The zero-order valence-corrected chi connectivity index (χ0v) is 19.3. The van der Waals surface area contributed by atoms with Crippen LogP contribution in [0.15, 0.2) is 71.3 Å². The molecule has 0 spiro atoms. The van der Waals surface area contributed by atoms with E-state index in [9.17, 15) is 9.59 Å². The molecule has 2 amide bonds. The van der Waals surface area contributed by atoms with Gasteiger partial charge in [-0.3, -0.25) is 9.59 Å². The molecule has 2 atom stereocenters. The molecule has 0 saturated carbocycles. The van der Waals surface area contributed by atoms with Crippen LogP contribution in [0.4, 0.5) is 5.82 Å². The molecule has 2 unspecified atom stereocenters. The smallest absolute Gasteiger partial charge is 0.260 e. The van der Waals surface area contributed by atoms with Crippen molar-refractivity contribution in [1.29, 1.82) is 0 Å². The van der Waals surface area contributed by atoms with Gasteiger partial charge < -0.3 is 14.6 Å². The molecule has 1 aromatic carbocycles. The molecule has 0 radical (unpaired) electrons. The number of anilines is 1. The van der Waals surface area contributed by atoms with Gasteiger partial charge in [-0.05, 0) is 73.1 Å². The first-order valence-corrected chi connectivity index (χ1v) is 11.5. The minimum atomic E-state index is -0.260. The van der Waals surface area contributed by atoms with Gasteiger partial charge in [0, 0.05) is 25.4 Å². The van der Waals surface area contributed by atoms with Gasteiger partial charge in [-0.2, -0.15) is 0 Å². The number of benzene rings is 1. The van der Waals surface area contributed by atoms with Gasteiger partial charge in [0.1, 0.15) is 17.3 Å². The van der Waals surface area contributed by atoms with E-state index in [0.717, 1.165) is 25.1 Å². The monoisotopic (exact) mass is 453 g/mol. The number of amides is 2. The topological polar surface area (TPSA) is 75.4 Å². The van der Waals surface area contributed by atoms with Gasteiger partial charge in [0.15, 0.2) is 0 Å². The average molecular weight is 454 g/mol. The fraction of sp³-hybridized carbons (Fsp3) is 0.250. The second-order valence-electron chi connectivity index (χ2n) is 9.02. The molecule has 3 heterocycles. The molecule has 1 aliphatic carbocycles. The normalized spacial score (nSPS) is 19.4. The Bertz CT molecular complexity index is 1270. The number of hydrogen-bond acceptors (Lipinski definition) is 4. The van der Waals surface area contributed by atoms with Crippen molar-refractivity contribution in [2.75, 3.05) is 18.4 Å². The number of aromatic nitrogens is 1. The standard InChI is InChI=1S/C28H27N3O3/c1-18-12-25(19(2)34-18)28(33)30-26-10-8-20(15-29-26)9-11-27(32)31-16-23-13-22(14-24(23)17-31)21-6-4-3-5-7-21/h3-13,15,23-24H,14,16-17H2,1-2H3,(H,29,30,33). The van der Waals surface area contributed by atoms with Crippen molar-refractivity contribution < 1.29 is 14.0 Å². The average Bonchev–Trinajstić information content (AvgIpc) is 3.51. The zero-order valence-electron chi connectivity index (χ0n) is 19.3. The molecule has 0 bridgehead atoms. The van der Waals surface area contributed by atoms with Crippen LogP contribution in [-0.4, -0.2) is 34.8 Å². The predicted octanol–water partition coefficient (Wildman–Crippen LogP) is 5.12. The van der Waals surface area contributed by atoms with Crippen LogP contribution < -0.4 is 5.32 Å². The number of fused-ring (bicyclic) bond motifs is 1. The van der Waals surface area contributed by atoms with Crippen molar-refractivity contribution >= 4 is 29.3 Å². The SMILES string of the molecule is Cc1cc(C(=O)Nc2ccc(C=CC(=O)N3CC4C=C(c5ccccc5)CC4C3)cn2)c(C)o1. The summed E-state index contributed by atoms with van der Waals surface area (Å²) in [6.45, 7) is 5.11. The fourth-order valence-electron chi connectivity index (χ4n) is 4.85. The number of pyridine rings is 1. The maximum Gasteiger partial charge on any atom is 0.260 e. The number of carbonyl (C=O) groups is 2. The number of likely N-dealkylation sites (tertiary alicyclic amines) is 1. The summed E-state index contributed by atoms with van der Waals surface area (Å²) in [5.74, 6) is 2.40. The first-order chi connectivity index (χ1) is 16.5. The predicted molar refractivity (Wildman–Crippen MR) is 132 cm³/mol. The van der Waals surface area contributed by atoms with E-state index in [4.69, 9.17) is 4.42 Å². The van der Waals surface area contributed by atoms with Crippen LogP contribution in [0.25, 0.3) is 11.6 Å². The molecule has 1 aliphatic heterocycles. The van der Waals surface area contributed by atoms with Gasteiger partial charge in [-0.15, -0.1) is 0 Å². The van der Waals surface area contributed by atoms with Crippen molar-refractivity contribution in [2.24, 2.45) is 11.8 Å². The Morgan fingerprint density at radius 1 is 1.12 bits per heavy atom. The Morgan fingerprint density at radius 2 is 1.94 bits per heavy atom. The number of allylic oxidation sites excluding steroid dienone is 1. The maximum atomic E-state index is 12.7. The van der Waals surface area contributed by atoms with Gasteiger partial charge in [0.05, 0.1) is 5.56 Å². The van der Waals surface area contributed by atoms with Crippen LogP contribution in [0, 0.1) is 25.7 Å². The minimum Gasteiger partial charge on any atom is -0.466 e. The van der Waals surface area contributed by atoms with Crippen LogP contribution in [0.1, 0.15) is 39.4 Å². The number of nitrogens with zero attached hydrogens (tertiary/aromatic N) is 2. The van der Waals surface area contributed by atoms with E-state index >= 15 is 0 Å². The molecule has 172 valence electrons. The van der Waals surface area contributed by atoms with Crippen molar-refractivity contribution in [1.82, 2.24) is 9.88 Å². The lowest BCUT2D eigenvalue weighted by Crippen LogP contribution is -2.27. The summed E-state index contributed by atoms with van der Waals surface area (Å²) < 4.78 is 5.41. The van der Waals surface area contributed by atoms with Crippen LogP contribution in [0.3, 0.4) is 0 Å². The lowest BCUT2D eigenvalue weighted by Gasteiger charge is -2.15. The molecule has 1 N–H and O–H groups in total. The number of hydrogen-bond donors (Lipinski definition) is 1. The van der Waals surface area contributed by atoms with Gasteiger partial charge in [0.25, 0.3) is 5.91 Å². The maximum absolute atomic E-state index is 12.7. The Morgan fingerprint density at radius 3 is 2.62 bits per heavy atom. The fourth-order valence-corrected chi connectivity index (χ4v) is 4.85. The summed E-state index contributed by atoms with van der Waals surface area (Å²) in [4.78, 5) is 31.4.